The Kier molecular flexibility index (Phi) is 9.34. The molecule has 4 fully saturated rings. The number of carbonyl (C=O) groups excluding carboxylic acids is 4. The van der Waals surface area contributed by atoms with Crippen LogP contribution in [0.1, 0.15) is 47.6 Å². The van der Waals surface area contributed by atoms with Crippen molar-refractivity contribution in [2.45, 2.75) is 50.4 Å². The highest BCUT2D eigenvalue weighted by Gasteiger charge is 2.41. The van der Waals surface area contributed by atoms with E-state index in [0.29, 0.717) is 79.0 Å². The quantitative estimate of drug-likeness (QED) is 0.229. The molecule has 10 rings (SSSR count). The van der Waals surface area contributed by atoms with Crippen LogP contribution in [0.5, 0.6) is 11.5 Å². The van der Waals surface area contributed by atoms with Gasteiger partial charge < -0.3 is 30.1 Å². The normalized spacial score (nSPS) is 21.5. The van der Waals surface area contributed by atoms with Crippen LogP contribution in [0.4, 0.5) is 16.3 Å². The van der Waals surface area contributed by atoms with Gasteiger partial charge in [0.25, 0.3) is 5.91 Å². The van der Waals surface area contributed by atoms with E-state index in [0.717, 1.165) is 61.6 Å². The molecule has 1 unspecified atom stereocenters. The maximum absolute atomic E-state index is 13.9. The number of aromatic nitrogens is 4. The number of hydrogen-bond acceptors (Lipinski definition) is 11. The van der Waals surface area contributed by atoms with Gasteiger partial charge in [0.2, 0.25) is 11.8 Å². The van der Waals surface area contributed by atoms with E-state index in [1.54, 1.807) is 4.90 Å². The average Bonchev–Trinajstić information content (AvgIpc) is 3.79. The van der Waals surface area contributed by atoms with Crippen LogP contribution in [-0.4, -0.2) is 128 Å². The first kappa shape index (κ1) is 36.8. The fraction of sp³-hybridized carbons (Fsp3) is 0.372. The molecule has 16 nitrogen and oxygen atoms in total. The standard InChI is InChI=1S/C43H45N11O5/c44-39-37-38(27-8-11-33(12-9-27)59-32-6-2-1-3-7-32)48-54(40(37)46-26-45-39)30-5-4-16-51(23-30)43(58)52-24-31(25-52)50-19-17-49(18-20-50)29-10-13-34-28(21-29)22-53(42(34)57)35-14-15-36(55)47-41(35)56/h1-3,6-13,21,26,30-31,35H,4-5,14-20,22-25H2,(H2,44,45,46)(H,47,55,56)/t30?,35-/m0/s1. The summed E-state index contributed by atoms with van der Waals surface area (Å²) in [5, 5.41) is 8.13. The van der Waals surface area contributed by atoms with Crippen molar-refractivity contribution in [1.29, 1.82) is 0 Å². The number of amides is 5. The van der Waals surface area contributed by atoms with Gasteiger partial charge in [-0.15, -0.1) is 0 Å². The van der Waals surface area contributed by atoms with E-state index in [1.165, 1.54) is 6.33 Å². The lowest BCUT2D eigenvalue weighted by Gasteiger charge is -2.50. The Morgan fingerprint density at radius 2 is 1.58 bits per heavy atom. The predicted molar refractivity (Wildman–Crippen MR) is 219 cm³/mol. The molecule has 0 spiro atoms. The molecule has 3 aromatic carbocycles. The minimum Gasteiger partial charge on any atom is -0.457 e. The van der Waals surface area contributed by atoms with Gasteiger partial charge in [-0.1, -0.05) is 18.2 Å². The largest absolute Gasteiger partial charge is 0.457 e. The summed E-state index contributed by atoms with van der Waals surface area (Å²) in [6.45, 7) is 6.39. The van der Waals surface area contributed by atoms with Crippen LogP contribution < -0.4 is 20.7 Å². The number of rotatable bonds is 7. The van der Waals surface area contributed by atoms with E-state index < -0.39 is 11.9 Å². The Morgan fingerprint density at radius 1 is 0.814 bits per heavy atom. The van der Waals surface area contributed by atoms with Crippen molar-refractivity contribution in [2.75, 3.05) is 63.0 Å². The number of imide groups is 1. The third-order valence-electron chi connectivity index (χ3n) is 12.5. The van der Waals surface area contributed by atoms with E-state index in [9.17, 15) is 19.2 Å². The molecule has 4 saturated heterocycles. The Bertz CT molecular complexity index is 2440. The molecule has 302 valence electrons. The molecule has 0 radical (unpaired) electrons. The van der Waals surface area contributed by atoms with Crippen molar-refractivity contribution in [2.24, 2.45) is 0 Å². The van der Waals surface area contributed by atoms with Crippen LogP contribution in [0.3, 0.4) is 0 Å². The third-order valence-corrected chi connectivity index (χ3v) is 12.5. The Labute approximate surface area is 340 Å². The van der Waals surface area contributed by atoms with Crippen LogP contribution in [0.2, 0.25) is 0 Å². The zero-order valence-electron chi connectivity index (χ0n) is 32.6. The van der Waals surface area contributed by atoms with Crippen LogP contribution in [0, 0.1) is 0 Å². The number of piperidine rings is 2. The first-order valence-electron chi connectivity index (χ1n) is 20.4. The second kappa shape index (κ2) is 15.0. The SMILES string of the molecule is Nc1ncnc2c1c(-c1ccc(Oc3ccccc3)cc1)nn2C1CCCN(C(=O)N2CC(N3CCN(c4ccc5c(c4)CN([C@H]4CCC(=O)NC4=O)C5=O)CC3)C2)C1. The highest BCUT2D eigenvalue weighted by atomic mass is 16.5. The molecule has 0 saturated carbocycles. The van der Waals surface area contributed by atoms with Crippen LogP contribution in [-0.2, 0) is 16.1 Å². The first-order valence-corrected chi connectivity index (χ1v) is 20.4. The summed E-state index contributed by atoms with van der Waals surface area (Å²) in [7, 11) is 0. The van der Waals surface area contributed by atoms with Gasteiger partial charge in [-0.05, 0) is 79.4 Å². The van der Waals surface area contributed by atoms with E-state index in [4.69, 9.17) is 15.6 Å². The molecule has 5 aliphatic heterocycles. The number of likely N-dealkylation sites (tertiary alicyclic amines) is 2. The molecule has 5 aromatic rings. The number of urea groups is 1. The number of nitrogens with zero attached hydrogens (tertiary/aromatic N) is 9. The Hall–Kier alpha value is -6.55. The molecule has 5 aliphatic rings. The van der Waals surface area contributed by atoms with Gasteiger partial charge in [0.15, 0.2) is 5.65 Å². The van der Waals surface area contributed by atoms with E-state index in [-0.39, 0.29) is 30.3 Å². The fourth-order valence-corrected chi connectivity index (χ4v) is 9.23. The van der Waals surface area contributed by atoms with Crippen molar-refractivity contribution in [1.82, 2.24) is 44.7 Å². The van der Waals surface area contributed by atoms with Crippen LogP contribution in [0.15, 0.2) is 79.1 Å². The zero-order chi connectivity index (χ0) is 40.2. The van der Waals surface area contributed by atoms with E-state index in [2.05, 4.69) is 31.2 Å². The summed E-state index contributed by atoms with van der Waals surface area (Å²) >= 11 is 0. The lowest BCUT2D eigenvalue weighted by atomic mass is 10.0. The van der Waals surface area contributed by atoms with E-state index in [1.807, 2.05) is 81.2 Å². The summed E-state index contributed by atoms with van der Waals surface area (Å²) in [4.78, 5) is 70.4. The topological polar surface area (TPSA) is 175 Å². The number of hydrogen-bond donors (Lipinski definition) is 2. The monoisotopic (exact) mass is 795 g/mol. The second-order valence-electron chi connectivity index (χ2n) is 16.0. The smallest absolute Gasteiger partial charge is 0.320 e. The van der Waals surface area contributed by atoms with Crippen molar-refractivity contribution < 1.29 is 23.9 Å². The number of nitrogen functional groups attached to an aromatic ring is 1. The fourth-order valence-electron chi connectivity index (χ4n) is 9.23. The Morgan fingerprint density at radius 3 is 2.36 bits per heavy atom. The maximum Gasteiger partial charge on any atom is 0.320 e. The summed E-state index contributed by atoms with van der Waals surface area (Å²) in [6, 6.07) is 23.0. The predicted octanol–water partition coefficient (Wildman–Crippen LogP) is 3.89. The number of fused-ring (bicyclic) bond motifs is 2. The lowest BCUT2D eigenvalue weighted by molar-refractivity contribution is -0.136. The van der Waals surface area contributed by atoms with Gasteiger partial charge in [-0.2, -0.15) is 5.10 Å². The first-order chi connectivity index (χ1) is 28.8. The highest BCUT2D eigenvalue weighted by Crippen LogP contribution is 2.36. The third kappa shape index (κ3) is 6.86. The minimum absolute atomic E-state index is 0.0588. The van der Waals surface area contributed by atoms with Gasteiger partial charge in [0, 0.05) is 88.2 Å². The molecule has 3 N–H and O–H groups in total. The summed E-state index contributed by atoms with van der Waals surface area (Å²) < 4.78 is 7.93. The minimum atomic E-state index is -0.624. The zero-order valence-corrected chi connectivity index (χ0v) is 32.6. The summed E-state index contributed by atoms with van der Waals surface area (Å²) in [5.74, 6) is 0.976. The molecule has 5 amide bonds. The molecule has 2 aromatic heterocycles. The maximum atomic E-state index is 13.9. The summed E-state index contributed by atoms with van der Waals surface area (Å²) in [6.07, 6.45) is 3.76. The molecule has 7 heterocycles. The second-order valence-corrected chi connectivity index (χ2v) is 16.0. The van der Waals surface area contributed by atoms with Crippen LogP contribution in [0.25, 0.3) is 22.3 Å². The van der Waals surface area contributed by atoms with Crippen molar-refractivity contribution >= 4 is 46.3 Å². The van der Waals surface area contributed by atoms with Gasteiger partial charge in [-0.3, -0.25) is 24.6 Å². The van der Waals surface area contributed by atoms with Gasteiger partial charge in [0.1, 0.15) is 35.4 Å². The number of benzene rings is 3. The highest BCUT2D eigenvalue weighted by molar-refractivity contribution is 6.05. The number of piperazine rings is 1. The van der Waals surface area contributed by atoms with Crippen molar-refractivity contribution in [3.63, 3.8) is 0 Å². The lowest BCUT2D eigenvalue weighted by Crippen LogP contribution is -2.66. The van der Waals surface area contributed by atoms with Crippen molar-refractivity contribution in [3.8, 4) is 22.8 Å². The number of ether oxygens (including phenoxy) is 1. The Balaban J connectivity index is 0.747. The summed E-state index contributed by atoms with van der Waals surface area (Å²) in [5.41, 5.74) is 11.2. The van der Waals surface area contributed by atoms with Crippen LogP contribution >= 0.6 is 0 Å². The number of anilines is 2. The van der Waals surface area contributed by atoms with Gasteiger partial charge >= 0.3 is 6.03 Å². The molecular weight excluding hydrogens is 751 g/mol. The average molecular weight is 796 g/mol. The number of nitrogens with two attached hydrogens (primary N) is 1. The number of nitrogens with one attached hydrogen (secondary N) is 1. The molecule has 16 heteroatoms. The molecular formula is C43H45N11O5. The molecule has 0 bridgehead atoms. The molecule has 2 atom stereocenters. The number of carbonyl (C=O) groups is 4. The van der Waals surface area contributed by atoms with Crippen molar-refractivity contribution in [3.05, 3.63) is 90.3 Å². The van der Waals surface area contributed by atoms with Gasteiger partial charge in [0.05, 0.1) is 11.4 Å². The van der Waals surface area contributed by atoms with E-state index >= 15 is 0 Å². The van der Waals surface area contributed by atoms with Gasteiger partial charge in [-0.25, -0.2) is 19.4 Å². The molecule has 59 heavy (non-hydrogen) atoms. The molecule has 0 aliphatic carbocycles. The number of para-hydroxylation sites is 1.